The van der Waals surface area contributed by atoms with Crippen molar-refractivity contribution >= 4 is 17.9 Å². The molecule has 0 fully saturated rings. The average Bonchev–Trinajstić information content (AvgIpc) is 2.43. The van der Waals surface area contributed by atoms with Gasteiger partial charge < -0.3 is 9.47 Å². The molecule has 0 aromatic heterocycles. The van der Waals surface area contributed by atoms with Gasteiger partial charge in [0.15, 0.2) is 0 Å². The fourth-order valence-corrected chi connectivity index (χ4v) is 1.34. The molecule has 0 N–H and O–H groups in total. The van der Waals surface area contributed by atoms with E-state index in [4.69, 9.17) is 4.74 Å². The number of rotatable bonds is 1. The van der Waals surface area contributed by atoms with Gasteiger partial charge in [-0.3, -0.25) is 4.79 Å². The molecule has 5 heteroatoms. The van der Waals surface area contributed by atoms with E-state index in [-0.39, 0.29) is 16.9 Å². The maximum atomic E-state index is 11.2. The fraction of sp³-hybridized carbons (Fsp3) is 0.100. The first kappa shape index (κ1) is 9.39. The van der Waals surface area contributed by atoms with Crippen molar-refractivity contribution in [3.63, 3.8) is 0 Å². The van der Waals surface area contributed by atoms with Crippen molar-refractivity contribution in [1.82, 2.24) is 0 Å². The number of hydrogen-bond acceptors (Lipinski definition) is 5. The van der Waals surface area contributed by atoms with Gasteiger partial charge in [0.25, 0.3) is 0 Å². The van der Waals surface area contributed by atoms with Crippen LogP contribution in [0.15, 0.2) is 18.2 Å². The van der Waals surface area contributed by atoms with Crippen LogP contribution >= 0.6 is 0 Å². The van der Waals surface area contributed by atoms with Crippen molar-refractivity contribution in [2.45, 2.75) is 6.92 Å². The zero-order valence-corrected chi connectivity index (χ0v) is 7.77. The maximum Gasteiger partial charge on any atom is 0.350 e. The first-order valence-corrected chi connectivity index (χ1v) is 4.17. The van der Waals surface area contributed by atoms with Gasteiger partial charge in [0.05, 0.1) is 5.56 Å². The van der Waals surface area contributed by atoms with Crippen molar-refractivity contribution in [2.75, 3.05) is 0 Å². The summed E-state index contributed by atoms with van der Waals surface area (Å²) in [5.74, 6) is -2.01. The van der Waals surface area contributed by atoms with Crippen molar-refractivity contribution in [3.8, 4) is 5.75 Å². The third-order valence-corrected chi connectivity index (χ3v) is 1.89. The monoisotopic (exact) mass is 206 g/mol. The molecule has 0 amide bonds. The lowest BCUT2D eigenvalue weighted by Crippen LogP contribution is -2.06. The summed E-state index contributed by atoms with van der Waals surface area (Å²) in [6, 6.07) is 4.38. The number of carbonyl (C=O) groups excluding carboxylic acids is 3. The number of esters is 3. The van der Waals surface area contributed by atoms with E-state index in [0.29, 0.717) is 0 Å². The van der Waals surface area contributed by atoms with Gasteiger partial charge in [-0.25, -0.2) is 9.59 Å². The molecule has 76 valence electrons. The predicted molar refractivity (Wildman–Crippen MR) is 47.5 cm³/mol. The highest BCUT2D eigenvalue weighted by Gasteiger charge is 2.33. The lowest BCUT2D eigenvalue weighted by atomic mass is 10.1. The second kappa shape index (κ2) is 3.20. The molecule has 0 unspecified atom stereocenters. The van der Waals surface area contributed by atoms with Crippen molar-refractivity contribution in [1.29, 1.82) is 0 Å². The maximum absolute atomic E-state index is 11.2. The third kappa shape index (κ3) is 1.48. The molecule has 1 aliphatic heterocycles. The van der Waals surface area contributed by atoms with Crippen molar-refractivity contribution < 1.29 is 23.9 Å². The summed E-state index contributed by atoms with van der Waals surface area (Å²) in [7, 11) is 0. The molecular weight excluding hydrogens is 200 g/mol. The van der Waals surface area contributed by atoms with E-state index in [9.17, 15) is 14.4 Å². The fourth-order valence-electron chi connectivity index (χ4n) is 1.34. The summed E-state index contributed by atoms with van der Waals surface area (Å²) in [4.78, 5) is 33.1. The molecule has 5 nitrogen and oxygen atoms in total. The Bertz CT molecular complexity index is 475. The van der Waals surface area contributed by atoms with Crippen LogP contribution in [0.1, 0.15) is 27.6 Å². The van der Waals surface area contributed by atoms with Crippen molar-refractivity contribution in [2.24, 2.45) is 0 Å². The van der Waals surface area contributed by atoms with E-state index in [0.717, 1.165) is 0 Å². The highest BCUT2D eigenvalue weighted by atomic mass is 16.6. The number of fused-ring (bicyclic) bond motifs is 1. The highest BCUT2D eigenvalue weighted by Crippen LogP contribution is 2.28. The third-order valence-electron chi connectivity index (χ3n) is 1.89. The first-order valence-electron chi connectivity index (χ1n) is 4.17. The van der Waals surface area contributed by atoms with Gasteiger partial charge in [-0.05, 0) is 12.1 Å². The molecule has 0 saturated heterocycles. The minimum atomic E-state index is -0.785. The Morgan fingerprint density at radius 2 is 2.00 bits per heavy atom. The van der Waals surface area contributed by atoms with E-state index < -0.39 is 17.9 Å². The van der Waals surface area contributed by atoms with Crippen molar-refractivity contribution in [3.05, 3.63) is 29.3 Å². The SMILES string of the molecule is CC(=O)Oc1cccc2c1C(=O)OC2=O. The normalized spacial score (nSPS) is 13.4. The average molecular weight is 206 g/mol. The van der Waals surface area contributed by atoms with Gasteiger partial charge in [-0.15, -0.1) is 0 Å². The van der Waals surface area contributed by atoms with Crippen LogP contribution in [0.2, 0.25) is 0 Å². The van der Waals surface area contributed by atoms with Crippen LogP contribution in [0, 0.1) is 0 Å². The van der Waals surface area contributed by atoms with Gasteiger partial charge in [-0.1, -0.05) is 6.07 Å². The molecule has 15 heavy (non-hydrogen) atoms. The van der Waals surface area contributed by atoms with E-state index >= 15 is 0 Å². The Morgan fingerprint density at radius 1 is 1.27 bits per heavy atom. The van der Waals surface area contributed by atoms with Crippen LogP contribution in [0.25, 0.3) is 0 Å². The summed E-state index contributed by atoms with van der Waals surface area (Å²) >= 11 is 0. The number of cyclic esters (lactones) is 2. The molecule has 0 spiro atoms. The van der Waals surface area contributed by atoms with Crippen LogP contribution in [0.5, 0.6) is 5.75 Å². The summed E-state index contributed by atoms with van der Waals surface area (Å²) < 4.78 is 9.17. The Labute approximate surface area is 84.6 Å². The Kier molecular flexibility index (Phi) is 2.00. The molecule has 1 aromatic rings. The largest absolute Gasteiger partial charge is 0.426 e. The topological polar surface area (TPSA) is 69.7 Å². The molecule has 0 bridgehead atoms. The molecule has 1 heterocycles. The molecule has 0 atom stereocenters. The van der Waals surface area contributed by atoms with Gasteiger partial charge in [0, 0.05) is 6.92 Å². The first-order chi connectivity index (χ1) is 7.09. The Hall–Kier alpha value is -2.17. The Balaban J connectivity index is 2.55. The Morgan fingerprint density at radius 3 is 2.67 bits per heavy atom. The lowest BCUT2D eigenvalue weighted by molar-refractivity contribution is -0.131. The van der Waals surface area contributed by atoms with Crippen LogP contribution in [-0.2, 0) is 9.53 Å². The molecule has 0 radical (unpaired) electrons. The second-order valence-electron chi connectivity index (χ2n) is 2.95. The van der Waals surface area contributed by atoms with Gasteiger partial charge in [0.1, 0.15) is 11.3 Å². The van der Waals surface area contributed by atoms with E-state index in [2.05, 4.69) is 4.74 Å². The van der Waals surface area contributed by atoms with Crippen LogP contribution in [-0.4, -0.2) is 17.9 Å². The van der Waals surface area contributed by atoms with E-state index in [1.54, 1.807) is 0 Å². The lowest BCUT2D eigenvalue weighted by Gasteiger charge is -2.02. The van der Waals surface area contributed by atoms with Gasteiger partial charge >= 0.3 is 17.9 Å². The number of hydrogen-bond donors (Lipinski definition) is 0. The summed E-state index contributed by atoms with van der Waals surface area (Å²) in [6.07, 6.45) is 0. The van der Waals surface area contributed by atoms with Crippen LogP contribution in [0.3, 0.4) is 0 Å². The van der Waals surface area contributed by atoms with E-state index in [1.807, 2.05) is 0 Å². The van der Waals surface area contributed by atoms with Crippen LogP contribution in [0.4, 0.5) is 0 Å². The summed E-state index contributed by atoms with van der Waals surface area (Å²) in [5, 5.41) is 0. The van der Waals surface area contributed by atoms with Gasteiger partial charge in [0.2, 0.25) is 0 Å². The highest BCUT2D eigenvalue weighted by molar-refractivity contribution is 6.16. The summed E-state index contributed by atoms with van der Waals surface area (Å²) in [6.45, 7) is 1.21. The quantitative estimate of drug-likeness (QED) is 0.388. The number of benzene rings is 1. The zero-order chi connectivity index (χ0) is 11.0. The minimum Gasteiger partial charge on any atom is -0.426 e. The number of carbonyl (C=O) groups is 3. The minimum absolute atomic E-state index is 0.0118. The molecule has 0 saturated carbocycles. The smallest absolute Gasteiger partial charge is 0.350 e. The second-order valence-corrected chi connectivity index (χ2v) is 2.95. The molecule has 2 rings (SSSR count). The van der Waals surface area contributed by atoms with Crippen LogP contribution < -0.4 is 4.74 Å². The standard InChI is InChI=1S/C10H6O5/c1-5(11)14-7-4-2-3-6-8(7)10(13)15-9(6)12/h2-4H,1H3. The molecule has 1 aliphatic rings. The molecule has 1 aromatic carbocycles. The van der Waals surface area contributed by atoms with E-state index in [1.165, 1.54) is 25.1 Å². The van der Waals surface area contributed by atoms with Gasteiger partial charge in [-0.2, -0.15) is 0 Å². The zero-order valence-electron chi connectivity index (χ0n) is 7.77. The molecule has 0 aliphatic carbocycles. The molecular formula is C10H6O5. The summed E-state index contributed by atoms with van der Waals surface area (Å²) in [5.41, 5.74) is 0.136. The number of ether oxygens (including phenoxy) is 2. The predicted octanol–water partition coefficient (Wildman–Crippen LogP) is 0.922.